The van der Waals surface area contributed by atoms with Crippen molar-refractivity contribution in [1.82, 2.24) is 20.5 Å². The van der Waals surface area contributed by atoms with Gasteiger partial charge in [0.05, 0.1) is 35.1 Å². The summed E-state index contributed by atoms with van der Waals surface area (Å²) in [5.41, 5.74) is 1.71. The van der Waals surface area contributed by atoms with E-state index >= 15 is 0 Å². The molecule has 2 atom stereocenters. The van der Waals surface area contributed by atoms with Crippen LogP contribution >= 0.6 is 11.3 Å². The molecule has 2 N–H and O–H groups in total. The Balaban J connectivity index is 1.57. The van der Waals surface area contributed by atoms with Crippen LogP contribution in [0.15, 0.2) is 58.4 Å². The van der Waals surface area contributed by atoms with Crippen molar-refractivity contribution in [3.05, 3.63) is 79.1 Å². The number of hydrogen-bond acceptors (Lipinski definition) is 11. The van der Waals surface area contributed by atoms with E-state index in [0.29, 0.717) is 23.5 Å². The highest BCUT2D eigenvalue weighted by Gasteiger charge is 2.38. The molecule has 0 bridgehead atoms. The van der Waals surface area contributed by atoms with E-state index in [1.54, 1.807) is 37.4 Å². The zero-order valence-electron chi connectivity index (χ0n) is 20.9. The van der Waals surface area contributed by atoms with E-state index in [9.17, 15) is 19.7 Å². The number of nitro benzene ring substituents is 1. The van der Waals surface area contributed by atoms with Gasteiger partial charge in [0.1, 0.15) is 11.6 Å². The molecule has 11 nitrogen and oxygen atoms in total. The number of hydrogen-bond donors (Lipinski definition) is 2. The van der Waals surface area contributed by atoms with Crippen LogP contribution in [0, 0.1) is 10.1 Å². The number of allylic oxidation sites excluding steroid dienone is 2. The van der Waals surface area contributed by atoms with Crippen molar-refractivity contribution in [2.24, 2.45) is 0 Å². The minimum atomic E-state index is -0.886. The number of carbonyl (C=O) groups is 2. The van der Waals surface area contributed by atoms with Crippen molar-refractivity contribution in [2.75, 3.05) is 39.9 Å². The molecule has 1 fully saturated rings. The molecule has 0 saturated carbocycles. The molecule has 1 aromatic carbocycles. The third kappa shape index (κ3) is 5.71. The highest BCUT2D eigenvalue weighted by Crippen LogP contribution is 2.40. The molecule has 12 heteroatoms. The largest absolute Gasteiger partial charge is 0.466 e. The molecular weight excluding hydrogens is 498 g/mol. The van der Waals surface area contributed by atoms with Crippen LogP contribution in [0.25, 0.3) is 0 Å². The van der Waals surface area contributed by atoms with E-state index in [1.165, 1.54) is 25.3 Å². The molecular formula is C25H29N5O6S. The lowest BCUT2D eigenvalue weighted by Crippen LogP contribution is -2.47. The molecule has 2 aromatic rings. The Labute approximate surface area is 218 Å². The summed E-state index contributed by atoms with van der Waals surface area (Å²) in [6, 6.07) is 6.01. The van der Waals surface area contributed by atoms with Gasteiger partial charge in [-0.1, -0.05) is 12.1 Å². The maximum Gasteiger partial charge on any atom is 0.336 e. The summed E-state index contributed by atoms with van der Waals surface area (Å²) in [6.45, 7) is 6.43. The summed E-state index contributed by atoms with van der Waals surface area (Å²) < 4.78 is 10.7. The first-order valence-electron chi connectivity index (χ1n) is 11.8. The first kappa shape index (κ1) is 26.5. The Morgan fingerprint density at radius 2 is 2.00 bits per heavy atom. The van der Waals surface area contributed by atoms with Gasteiger partial charge < -0.3 is 20.1 Å². The summed E-state index contributed by atoms with van der Waals surface area (Å²) in [5.74, 6) is -2.12. The minimum absolute atomic E-state index is 0.0962. The average molecular weight is 528 g/mol. The molecule has 3 heterocycles. The highest BCUT2D eigenvalue weighted by molar-refractivity contribution is 7.09. The fourth-order valence-corrected chi connectivity index (χ4v) is 5.56. The molecule has 196 valence electrons. The number of dihydropyridines is 1. The molecule has 0 aliphatic carbocycles. The topological polar surface area (TPSA) is 136 Å². The van der Waals surface area contributed by atoms with Crippen molar-refractivity contribution in [3.8, 4) is 0 Å². The molecule has 1 saturated heterocycles. The molecule has 2 unspecified atom stereocenters. The molecule has 0 radical (unpaired) electrons. The van der Waals surface area contributed by atoms with Gasteiger partial charge in [-0.15, -0.1) is 11.3 Å². The molecule has 0 amide bonds. The van der Waals surface area contributed by atoms with E-state index in [1.807, 2.05) is 5.38 Å². The number of ether oxygens (including phenoxy) is 2. The molecule has 2 aliphatic rings. The van der Waals surface area contributed by atoms with E-state index < -0.39 is 22.8 Å². The number of thiazole rings is 1. The molecule has 1 aromatic heterocycles. The zero-order valence-corrected chi connectivity index (χ0v) is 21.7. The van der Waals surface area contributed by atoms with Crippen LogP contribution in [0.2, 0.25) is 0 Å². The van der Waals surface area contributed by atoms with Gasteiger partial charge in [-0.2, -0.15) is 0 Å². The van der Waals surface area contributed by atoms with Gasteiger partial charge in [0.25, 0.3) is 5.69 Å². The second-order valence-electron chi connectivity index (χ2n) is 8.74. The van der Waals surface area contributed by atoms with Crippen LogP contribution in [0.3, 0.4) is 0 Å². The predicted molar refractivity (Wildman–Crippen MR) is 137 cm³/mol. The maximum atomic E-state index is 13.5. The van der Waals surface area contributed by atoms with Crippen LogP contribution in [0.4, 0.5) is 5.69 Å². The summed E-state index contributed by atoms with van der Waals surface area (Å²) in [4.78, 5) is 43.8. The Morgan fingerprint density at radius 1 is 1.24 bits per heavy atom. The van der Waals surface area contributed by atoms with Gasteiger partial charge in [-0.05, 0) is 19.4 Å². The number of piperazine rings is 1. The number of esters is 2. The molecule has 2 aliphatic heterocycles. The highest BCUT2D eigenvalue weighted by atomic mass is 32.1. The van der Waals surface area contributed by atoms with Crippen LogP contribution in [-0.4, -0.2) is 66.6 Å². The lowest BCUT2D eigenvalue weighted by molar-refractivity contribution is -0.384. The van der Waals surface area contributed by atoms with E-state index in [4.69, 9.17) is 9.47 Å². The maximum absolute atomic E-state index is 13.5. The first-order chi connectivity index (χ1) is 17.8. The fourth-order valence-electron chi connectivity index (χ4n) is 4.79. The normalized spacial score (nSPS) is 20.4. The number of benzene rings is 1. The van der Waals surface area contributed by atoms with Crippen molar-refractivity contribution >= 4 is 29.0 Å². The number of carbonyl (C=O) groups excluding carboxylic acids is 2. The van der Waals surface area contributed by atoms with Gasteiger partial charge in [-0.25, -0.2) is 14.6 Å². The quantitative estimate of drug-likeness (QED) is 0.300. The van der Waals surface area contributed by atoms with Gasteiger partial charge in [0, 0.05) is 61.3 Å². The number of nitrogens with zero attached hydrogens (tertiary/aromatic N) is 3. The number of non-ortho nitro benzene ring substituents is 1. The van der Waals surface area contributed by atoms with E-state index in [0.717, 1.165) is 24.6 Å². The molecule has 37 heavy (non-hydrogen) atoms. The Hall–Kier alpha value is -3.61. The Kier molecular flexibility index (Phi) is 8.31. The number of rotatable bonds is 8. The third-order valence-electron chi connectivity index (χ3n) is 6.50. The summed E-state index contributed by atoms with van der Waals surface area (Å²) in [5, 5.41) is 20.8. The predicted octanol–water partition coefficient (Wildman–Crippen LogP) is 2.65. The lowest BCUT2D eigenvalue weighted by atomic mass is 9.80. The Morgan fingerprint density at radius 3 is 2.68 bits per heavy atom. The van der Waals surface area contributed by atoms with Crippen LogP contribution in [0.1, 0.15) is 36.4 Å². The summed E-state index contributed by atoms with van der Waals surface area (Å²) in [7, 11) is 1.25. The fraction of sp³-hybridized carbons (Fsp3) is 0.400. The average Bonchev–Trinajstić information content (AvgIpc) is 3.43. The van der Waals surface area contributed by atoms with Gasteiger partial charge >= 0.3 is 11.9 Å². The van der Waals surface area contributed by atoms with E-state index in [-0.39, 0.29) is 29.5 Å². The number of aromatic nitrogens is 1. The van der Waals surface area contributed by atoms with E-state index in [2.05, 4.69) is 20.5 Å². The van der Waals surface area contributed by atoms with Crippen molar-refractivity contribution in [2.45, 2.75) is 25.8 Å². The molecule has 4 rings (SSSR count). The standard InChI is InChI=1S/C25H29N5O6S/c1-15-20(24(31)35-3)22(17-5-4-6-18(13-17)30(33)34)21(16(2)28-15)25(32)36-11-10-29-9-7-26-14-19(29)23-27-8-12-37-23/h4-6,8,12-13,19,22,26,28H,7,9-11,14H2,1-3H3. The van der Waals surface area contributed by atoms with Crippen molar-refractivity contribution < 1.29 is 24.0 Å². The lowest BCUT2D eigenvalue weighted by Gasteiger charge is -2.35. The second kappa shape index (κ2) is 11.6. The number of methoxy groups -OCH3 is 1. The Bertz CT molecular complexity index is 1240. The van der Waals surface area contributed by atoms with Crippen molar-refractivity contribution in [3.63, 3.8) is 0 Å². The summed E-state index contributed by atoms with van der Waals surface area (Å²) in [6.07, 6.45) is 1.78. The number of nitrogens with one attached hydrogen (secondary N) is 2. The SMILES string of the molecule is COC(=O)C1=C(C)NC(C)=C(C(=O)OCCN2CCNCC2c2nccs2)C1c1cccc([N+](=O)[O-])c1. The van der Waals surface area contributed by atoms with Crippen LogP contribution < -0.4 is 10.6 Å². The van der Waals surface area contributed by atoms with Gasteiger partial charge in [0.2, 0.25) is 0 Å². The van der Waals surface area contributed by atoms with Crippen molar-refractivity contribution in [1.29, 1.82) is 0 Å². The number of nitro groups is 1. The zero-order chi connectivity index (χ0) is 26.5. The van der Waals surface area contributed by atoms with Crippen LogP contribution in [0.5, 0.6) is 0 Å². The summed E-state index contributed by atoms with van der Waals surface area (Å²) >= 11 is 1.59. The second-order valence-corrected chi connectivity index (χ2v) is 9.67. The third-order valence-corrected chi connectivity index (χ3v) is 7.38. The first-order valence-corrected chi connectivity index (χ1v) is 12.7. The monoisotopic (exact) mass is 527 g/mol. The van der Waals surface area contributed by atoms with Gasteiger partial charge in [0.15, 0.2) is 0 Å². The molecule has 0 spiro atoms. The van der Waals surface area contributed by atoms with Gasteiger partial charge in [-0.3, -0.25) is 15.0 Å². The smallest absolute Gasteiger partial charge is 0.336 e. The van der Waals surface area contributed by atoms with Crippen LogP contribution in [-0.2, 0) is 19.1 Å². The minimum Gasteiger partial charge on any atom is -0.466 e.